The van der Waals surface area contributed by atoms with E-state index in [0.29, 0.717) is 18.3 Å². The molecule has 0 atom stereocenters. The van der Waals surface area contributed by atoms with E-state index in [0.717, 1.165) is 51.7 Å². The molecule has 0 aromatic heterocycles. The van der Waals surface area contributed by atoms with E-state index in [2.05, 4.69) is 72.7 Å². The van der Waals surface area contributed by atoms with E-state index in [-0.39, 0.29) is 0 Å². The molecule has 0 saturated carbocycles. The highest BCUT2D eigenvalue weighted by molar-refractivity contribution is 5.66. The van der Waals surface area contributed by atoms with Crippen LogP contribution in [-0.4, -0.2) is 34.8 Å². The van der Waals surface area contributed by atoms with Gasteiger partial charge in [-0.05, 0) is 42.2 Å². The van der Waals surface area contributed by atoms with Crippen LogP contribution in [0, 0.1) is 0 Å². The number of carbonyl (C=O) groups is 1. The molecule has 1 aromatic rings. The third kappa shape index (κ3) is 36.7. The first-order valence-electron chi connectivity index (χ1n) is 18.1. The molecule has 0 bridgehead atoms. The molecule has 0 spiro atoms. The number of unbranched alkanes of at least 4 members (excludes halogenated alkanes) is 16. The van der Waals surface area contributed by atoms with Crippen LogP contribution in [0.4, 0.5) is 0 Å². The second kappa shape index (κ2) is 39.6. The Bertz CT molecular complexity index is 642. The number of hydrogen-bond acceptors (Lipinski definition) is 5. The lowest BCUT2D eigenvalue weighted by Crippen LogP contribution is -1.97. The fourth-order valence-corrected chi connectivity index (χ4v) is 4.73. The summed E-state index contributed by atoms with van der Waals surface area (Å²) >= 11 is 0. The standard InChI is InChI=1S/C18H36O2.C12H18.C8H18O2.H2O2/c1-2-3-4-5-6-7-8-9-10-11-12-13-14-15-16-17-18(19)20;1-9(2)11-7-5-6-8-12(11)10(3)4;1-3-5-7-9-10-8-6-4-2;1-2/h2-17H2,1H3,(H,19,20);5-10H,1-4H3;3-8H2,1-2H3;1-2H. The molecule has 0 amide bonds. The average Bonchev–Trinajstić information content (AvgIpc) is 3.02. The van der Waals surface area contributed by atoms with Gasteiger partial charge < -0.3 is 5.11 Å². The summed E-state index contributed by atoms with van der Waals surface area (Å²) in [7, 11) is 0. The maximum atomic E-state index is 10.3. The lowest BCUT2D eigenvalue weighted by molar-refractivity contribution is -0.295. The molecule has 1 rings (SSSR count). The van der Waals surface area contributed by atoms with E-state index in [4.69, 9.17) is 25.4 Å². The summed E-state index contributed by atoms with van der Waals surface area (Å²) in [5.41, 5.74) is 2.99. The van der Waals surface area contributed by atoms with Crippen molar-refractivity contribution in [3.8, 4) is 0 Å². The van der Waals surface area contributed by atoms with Gasteiger partial charge in [-0.1, -0.05) is 175 Å². The van der Waals surface area contributed by atoms with Crippen LogP contribution in [0.2, 0.25) is 0 Å². The third-order valence-corrected chi connectivity index (χ3v) is 7.48. The fourth-order valence-electron chi connectivity index (χ4n) is 4.73. The zero-order valence-corrected chi connectivity index (χ0v) is 30.1. The number of hydrogen-bond donors (Lipinski definition) is 3. The number of rotatable bonds is 25. The highest BCUT2D eigenvalue weighted by Gasteiger charge is 2.07. The van der Waals surface area contributed by atoms with E-state index in [1.54, 1.807) is 0 Å². The van der Waals surface area contributed by atoms with Crippen LogP contribution in [0.3, 0.4) is 0 Å². The molecule has 0 saturated heterocycles. The molecule has 0 unspecified atom stereocenters. The summed E-state index contributed by atoms with van der Waals surface area (Å²) < 4.78 is 0. The van der Waals surface area contributed by atoms with Gasteiger partial charge in [0.1, 0.15) is 0 Å². The van der Waals surface area contributed by atoms with Crippen molar-refractivity contribution in [3.05, 3.63) is 35.4 Å². The van der Waals surface area contributed by atoms with Crippen LogP contribution >= 0.6 is 0 Å². The molecule has 0 fully saturated rings. The van der Waals surface area contributed by atoms with Gasteiger partial charge in [-0.15, -0.1) is 0 Å². The van der Waals surface area contributed by atoms with Gasteiger partial charge >= 0.3 is 5.97 Å². The molecule has 6 heteroatoms. The summed E-state index contributed by atoms with van der Waals surface area (Å²) in [6.45, 7) is 17.0. The number of carboxylic acids is 1. The minimum Gasteiger partial charge on any atom is -0.481 e. The van der Waals surface area contributed by atoms with Gasteiger partial charge in [0.05, 0.1) is 13.2 Å². The average molecular weight is 627 g/mol. The van der Waals surface area contributed by atoms with E-state index in [9.17, 15) is 4.79 Å². The Kier molecular flexibility index (Phi) is 42.2. The molecule has 262 valence electrons. The Morgan fingerprint density at radius 1 is 0.545 bits per heavy atom. The molecule has 6 nitrogen and oxygen atoms in total. The summed E-state index contributed by atoms with van der Waals surface area (Å²) in [4.78, 5) is 20.1. The van der Waals surface area contributed by atoms with E-state index < -0.39 is 5.97 Å². The van der Waals surface area contributed by atoms with Crippen molar-refractivity contribution in [2.75, 3.05) is 13.2 Å². The van der Waals surface area contributed by atoms with Crippen LogP contribution in [0.15, 0.2) is 24.3 Å². The SMILES string of the molecule is CC(C)c1ccccc1C(C)C.CCCCCCCCCCCCCCCCCC(=O)O.CCCCOOCCCC.OO. The molecule has 1 aromatic carbocycles. The Hall–Kier alpha value is -1.47. The third-order valence-electron chi connectivity index (χ3n) is 7.48. The maximum absolute atomic E-state index is 10.3. The zero-order chi connectivity index (χ0) is 33.7. The predicted octanol–water partition coefficient (Wildman–Crippen LogP) is 12.8. The van der Waals surface area contributed by atoms with Gasteiger partial charge in [0, 0.05) is 6.42 Å². The van der Waals surface area contributed by atoms with Gasteiger partial charge in [-0.25, -0.2) is 9.78 Å². The van der Waals surface area contributed by atoms with Gasteiger partial charge in [-0.3, -0.25) is 15.3 Å². The Balaban J connectivity index is -0.000000597. The summed E-state index contributed by atoms with van der Waals surface area (Å²) in [5, 5.41) is 20.5. The molecule has 0 aliphatic heterocycles. The minimum atomic E-state index is -0.653. The van der Waals surface area contributed by atoms with Gasteiger partial charge in [0.2, 0.25) is 0 Å². The maximum Gasteiger partial charge on any atom is 0.303 e. The van der Waals surface area contributed by atoms with Crippen LogP contribution in [0.1, 0.15) is 200 Å². The van der Waals surface area contributed by atoms with Crippen molar-refractivity contribution in [1.29, 1.82) is 0 Å². The van der Waals surface area contributed by atoms with Gasteiger partial charge in [-0.2, -0.15) is 0 Å². The van der Waals surface area contributed by atoms with Crippen molar-refractivity contribution in [2.45, 2.75) is 189 Å². The second-order valence-corrected chi connectivity index (χ2v) is 12.4. The normalized spacial score (nSPS) is 10.4. The van der Waals surface area contributed by atoms with Crippen molar-refractivity contribution in [3.63, 3.8) is 0 Å². The Labute approximate surface area is 273 Å². The molecule has 44 heavy (non-hydrogen) atoms. The number of benzene rings is 1. The first kappa shape index (κ1) is 46.9. The van der Waals surface area contributed by atoms with Gasteiger partial charge in [0.15, 0.2) is 0 Å². The first-order valence-corrected chi connectivity index (χ1v) is 18.1. The Morgan fingerprint density at radius 2 is 0.841 bits per heavy atom. The quantitative estimate of drug-likeness (QED) is 0.0567. The van der Waals surface area contributed by atoms with E-state index in [1.165, 1.54) is 94.6 Å². The Morgan fingerprint density at radius 3 is 1.11 bits per heavy atom. The number of aliphatic carboxylic acids is 1. The van der Waals surface area contributed by atoms with E-state index in [1.807, 2.05) is 0 Å². The van der Waals surface area contributed by atoms with Crippen LogP contribution in [0.5, 0.6) is 0 Å². The smallest absolute Gasteiger partial charge is 0.303 e. The van der Waals surface area contributed by atoms with Crippen molar-refractivity contribution in [1.82, 2.24) is 0 Å². The largest absolute Gasteiger partial charge is 0.481 e. The summed E-state index contributed by atoms with van der Waals surface area (Å²) in [5.74, 6) is 0.631. The highest BCUT2D eigenvalue weighted by Crippen LogP contribution is 2.25. The lowest BCUT2D eigenvalue weighted by atomic mass is 9.91. The molecule has 3 N–H and O–H groups in total. The van der Waals surface area contributed by atoms with Crippen molar-refractivity contribution >= 4 is 5.97 Å². The second-order valence-electron chi connectivity index (χ2n) is 12.4. The molecular formula is C38H74O6. The number of carboxylic acid groups (broad SMARTS) is 1. The monoisotopic (exact) mass is 627 g/mol. The molecule has 0 heterocycles. The molecule has 0 aliphatic rings. The van der Waals surface area contributed by atoms with Crippen molar-refractivity contribution < 1.29 is 30.2 Å². The first-order chi connectivity index (χ1) is 21.3. The molecular weight excluding hydrogens is 552 g/mol. The predicted molar refractivity (Wildman–Crippen MR) is 189 cm³/mol. The minimum absolute atomic E-state index is 0.345. The highest BCUT2D eigenvalue weighted by atomic mass is 17.2. The summed E-state index contributed by atoms with van der Waals surface area (Å²) in [6.07, 6.45) is 24.7. The van der Waals surface area contributed by atoms with E-state index >= 15 is 0 Å². The van der Waals surface area contributed by atoms with Gasteiger partial charge in [0.25, 0.3) is 0 Å². The van der Waals surface area contributed by atoms with Crippen molar-refractivity contribution in [2.24, 2.45) is 0 Å². The molecule has 0 aliphatic carbocycles. The molecule has 0 radical (unpaired) electrons. The zero-order valence-electron chi connectivity index (χ0n) is 30.1. The topological polar surface area (TPSA) is 96.2 Å². The van der Waals surface area contributed by atoms with Crippen LogP contribution < -0.4 is 0 Å². The van der Waals surface area contributed by atoms with Crippen LogP contribution in [-0.2, 0) is 14.6 Å². The lowest BCUT2D eigenvalue weighted by Gasteiger charge is -2.14. The summed E-state index contributed by atoms with van der Waals surface area (Å²) in [6, 6.07) is 8.72. The fraction of sp³-hybridized carbons (Fsp3) is 0.816. The van der Waals surface area contributed by atoms with Crippen LogP contribution in [0.25, 0.3) is 0 Å².